The summed E-state index contributed by atoms with van der Waals surface area (Å²) in [7, 11) is 1.47. The maximum absolute atomic E-state index is 12.5. The number of phenols is 1. The number of aromatic nitrogens is 1. The van der Waals surface area contributed by atoms with E-state index in [4.69, 9.17) is 16.3 Å². The Morgan fingerprint density at radius 2 is 2.09 bits per heavy atom. The molecule has 1 heterocycles. The minimum absolute atomic E-state index is 0.0391. The molecule has 0 saturated carbocycles. The van der Waals surface area contributed by atoms with Crippen LogP contribution in [0.3, 0.4) is 0 Å². The fraction of sp³-hybridized carbons (Fsp3) is 0.143. The van der Waals surface area contributed by atoms with E-state index in [0.717, 1.165) is 6.07 Å². The van der Waals surface area contributed by atoms with Crippen molar-refractivity contribution in [3.05, 3.63) is 46.6 Å². The summed E-state index contributed by atoms with van der Waals surface area (Å²) in [5.41, 5.74) is 1.80. The van der Waals surface area contributed by atoms with Crippen LogP contribution < -0.4 is 10.2 Å². The van der Waals surface area contributed by atoms with Gasteiger partial charge in [-0.05, 0) is 24.3 Å². The van der Waals surface area contributed by atoms with Crippen LogP contribution in [0.4, 0.5) is 19.0 Å². The smallest absolute Gasteiger partial charge is 0.417 e. The Balaban J connectivity index is 2.15. The molecule has 0 bridgehead atoms. The molecule has 0 amide bonds. The highest BCUT2D eigenvalue weighted by Gasteiger charge is 2.31. The van der Waals surface area contributed by atoms with E-state index in [2.05, 4.69) is 15.5 Å². The van der Waals surface area contributed by atoms with Gasteiger partial charge >= 0.3 is 6.18 Å². The minimum Gasteiger partial charge on any atom is -0.507 e. The van der Waals surface area contributed by atoms with Gasteiger partial charge in [0.2, 0.25) is 0 Å². The van der Waals surface area contributed by atoms with Crippen molar-refractivity contribution >= 4 is 23.6 Å². The summed E-state index contributed by atoms with van der Waals surface area (Å²) in [6.45, 7) is 0. The zero-order valence-corrected chi connectivity index (χ0v) is 12.5. The van der Waals surface area contributed by atoms with Crippen molar-refractivity contribution in [3.8, 4) is 11.5 Å². The first-order valence-electron chi connectivity index (χ1n) is 6.20. The number of ether oxygens (including phenoxy) is 1. The molecule has 9 heteroatoms. The second-order valence-electron chi connectivity index (χ2n) is 4.35. The van der Waals surface area contributed by atoms with E-state index in [9.17, 15) is 18.3 Å². The molecule has 0 aliphatic rings. The number of aromatic hydroxyl groups is 1. The zero-order valence-electron chi connectivity index (χ0n) is 11.7. The average molecular weight is 346 g/mol. The molecular weight excluding hydrogens is 335 g/mol. The van der Waals surface area contributed by atoms with Crippen molar-refractivity contribution in [1.82, 2.24) is 4.98 Å². The van der Waals surface area contributed by atoms with Gasteiger partial charge < -0.3 is 9.84 Å². The minimum atomic E-state index is -4.52. The van der Waals surface area contributed by atoms with Crippen LogP contribution in [0.15, 0.2) is 35.6 Å². The van der Waals surface area contributed by atoms with Gasteiger partial charge in [0.15, 0.2) is 5.82 Å². The monoisotopic (exact) mass is 345 g/mol. The molecule has 0 saturated heterocycles. The van der Waals surface area contributed by atoms with Crippen molar-refractivity contribution < 1.29 is 23.0 Å². The molecular formula is C14H11ClF3N3O2. The Labute approximate surface area is 134 Å². The van der Waals surface area contributed by atoms with Crippen LogP contribution in [0, 0.1) is 0 Å². The van der Waals surface area contributed by atoms with E-state index in [1.54, 1.807) is 6.07 Å². The van der Waals surface area contributed by atoms with Gasteiger partial charge in [-0.25, -0.2) is 4.98 Å². The van der Waals surface area contributed by atoms with Gasteiger partial charge in [0.1, 0.15) is 11.5 Å². The highest BCUT2D eigenvalue weighted by Crippen LogP contribution is 2.32. The maximum atomic E-state index is 12.5. The van der Waals surface area contributed by atoms with Crippen molar-refractivity contribution in [2.24, 2.45) is 5.10 Å². The molecule has 0 fully saturated rings. The third kappa shape index (κ3) is 4.26. The first-order chi connectivity index (χ1) is 10.8. The number of halogens is 4. The largest absolute Gasteiger partial charge is 0.507 e. The Kier molecular flexibility index (Phi) is 4.95. The van der Waals surface area contributed by atoms with Crippen molar-refractivity contribution in [2.45, 2.75) is 6.18 Å². The van der Waals surface area contributed by atoms with E-state index in [0.29, 0.717) is 17.5 Å². The fourth-order valence-corrected chi connectivity index (χ4v) is 1.81. The number of anilines is 1. The SMILES string of the molecule is COc1ccc(O)c(C=NNc2ncc(C(F)(F)F)cc2Cl)c1. The highest BCUT2D eigenvalue weighted by molar-refractivity contribution is 6.32. The second-order valence-corrected chi connectivity index (χ2v) is 4.75. The number of hydrazone groups is 1. The van der Waals surface area contributed by atoms with Gasteiger partial charge in [-0.1, -0.05) is 11.6 Å². The third-order valence-electron chi connectivity index (χ3n) is 2.78. The number of phenolic OH excluding ortho intramolecular Hbond substituents is 1. The first kappa shape index (κ1) is 16.9. The van der Waals surface area contributed by atoms with Crippen molar-refractivity contribution in [3.63, 3.8) is 0 Å². The van der Waals surface area contributed by atoms with Gasteiger partial charge in [0.05, 0.1) is 23.9 Å². The van der Waals surface area contributed by atoms with Crippen LogP contribution in [-0.2, 0) is 6.18 Å². The molecule has 2 aromatic rings. The molecule has 0 aliphatic carbocycles. The Hall–Kier alpha value is -2.48. The number of hydrogen-bond donors (Lipinski definition) is 2. The van der Waals surface area contributed by atoms with E-state index >= 15 is 0 Å². The van der Waals surface area contributed by atoms with Gasteiger partial charge in [0, 0.05) is 11.8 Å². The van der Waals surface area contributed by atoms with Crippen LogP contribution in [0.1, 0.15) is 11.1 Å². The summed E-state index contributed by atoms with van der Waals surface area (Å²) in [5, 5.41) is 13.2. The molecule has 0 atom stereocenters. The topological polar surface area (TPSA) is 66.7 Å². The highest BCUT2D eigenvalue weighted by atomic mass is 35.5. The number of rotatable bonds is 4. The number of hydrogen-bond acceptors (Lipinski definition) is 5. The third-order valence-corrected chi connectivity index (χ3v) is 3.07. The molecule has 5 nitrogen and oxygen atoms in total. The lowest BCUT2D eigenvalue weighted by Gasteiger charge is -2.08. The van der Waals surface area contributed by atoms with Gasteiger partial charge in [-0.2, -0.15) is 18.3 Å². The number of methoxy groups -OCH3 is 1. The Morgan fingerprint density at radius 1 is 1.35 bits per heavy atom. The molecule has 23 heavy (non-hydrogen) atoms. The summed E-state index contributed by atoms with van der Waals surface area (Å²) < 4.78 is 42.5. The number of pyridine rings is 1. The maximum Gasteiger partial charge on any atom is 0.417 e. The first-order valence-corrected chi connectivity index (χ1v) is 6.58. The molecule has 0 spiro atoms. The molecule has 2 rings (SSSR count). The second kappa shape index (κ2) is 6.74. The van der Waals surface area contributed by atoms with Crippen LogP contribution in [0.5, 0.6) is 11.5 Å². The zero-order chi connectivity index (χ0) is 17.0. The standard InChI is InChI=1S/C14H11ClF3N3O2/c1-23-10-2-3-12(22)8(4-10)6-20-21-13-11(15)5-9(7-19-13)14(16,17)18/h2-7,22H,1H3,(H,19,21). The lowest BCUT2D eigenvalue weighted by molar-refractivity contribution is -0.137. The molecule has 1 aromatic carbocycles. The molecule has 1 aromatic heterocycles. The Morgan fingerprint density at radius 3 is 2.70 bits per heavy atom. The van der Waals surface area contributed by atoms with E-state index < -0.39 is 11.7 Å². The van der Waals surface area contributed by atoms with Gasteiger partial charge in [-0.3, -0.25) is 5.43 Å². The predicted molar refractivity (Wildman–Crippen MR) is 80.1 cm³/mol. The summed E-state index contributed by atoms with van der Waals surface area (Å²) in [4.78, 5) is 3.57. The van der Waals surface area contributed by atoms with Gasteiger partial charge in [0.25, 0.3) is 0 Å². The van der Waals surface area contributed by atoms with Crippen LogP contribution in [0.25, 0.3) is 0 Å². The van der Waals surface area contributed by atoms with Crippen molar-refractivity contribution in [2.75, 3.05) is 12.5 Å². The fourth-order valence-electron chi connectivity index (χ4n) is 1.60. The summed E-state index contributed by atoms with van der Waals surface area (Å²) in [6.07, 6.45) is -2.62. The number of alkyl halides is 3. The molecule has 122 valence electrons. The number of nitrogens with zero attached hydrogens (tertiary/aromatic N) is 2. The summed E-state index contributed by atoms with van der Waals surface area (Å²) in [6, 6.07) is 5.26. The van der Waals surface area contributed by atoms with Crippen LogP contribution in [-0.4, -0.2) is 23.4 Å². The summed E-state index contributed by atoms with van der Waals surface area (Å²) in [5.74, 6) is 0.427. The van der Waals surface area contributed by atoms with E-state index in [-0.39, 0.29) is 16.6 Å². The van der Waals surface area contributed by atoms with Gasteiger partial charge in [-0.15, -0.1) is 0 Å². The van der Waals surface area contributed by atoms with Crippen LogP contribution in [0.2, 0.25) is 5.02 Å². The molecule has 2 N–H and O–H groups in total. The lowest BCUT2D eigenvalue weighted by Crippen LogP contribution is -2.06. The van der Waals surface area contributed by atoms with Crippen molar-refractivity contribution in [1.29, 1.82) is 0 Å². The average Bonchev–Trinajstić information content (AvgIpc) is 2.49. The lowest BCUT2D eigenvalue weighted by atomic mass is 10.2. The number of nitrogens with one attached hydrogen (secondary N) is 1. The Bertz CT molecular complexity index is 736. The molecule has 0 aliphatic heterocycles. The molecule has 0 radical (unpaired) electrons. The van der Waals surface area contributed by atoms with Crippen LogP contribution >= 0.6 is 11.6 Å². The molecule has 0 unspecified atom stereocenters. The predicted octanol–water partition coefficient (Wildman–Crippen LogP) is 3.91. The van der Waals surface area contributed by atoms with E-state index in [1.807, 2.05) is 0 Å². The van der Waals surface area contributed by atoms with E-state index in [1.165, 1.54) is 25.5 Å². The normalized spacial score (nSPS) is 11.7. The number of benzene rings is 1. The summed E-state index contributed by atoms with van der Waals surface area (Å²) >= 11 is 5.73. The quantitative estimate of drug-likeness (QED) is 0.651.